The molecule has 0 N–H and O–H groups in total. The molecule has 0 saturated carbocycles. The molecule has 0 spiro atoms. The smallest absolute Gasteiger partial charge is 0.136 e. The van der Waals surface area contributed by atoms with Crippen molar-refractivity contribution in [3.63, 3.8) is 0 Å². The van der Waals surface area contributed by atoms with Crippen LogP contribution < -0.4 is 4.90 Å². The number of rotatable bonds is 5. The third kappa shape index (κ3) is 4.88. The SMILES string of the molecule is Cc1cc(C)nc(Cc2nc(Cc3ccn4ccnc4c3)cc(N3CCN(C)[C@@H](C)C3)n2)c1. The standard InChI is InChI=1S/C26H31N7/c1-18-11-19(2)28-22(12-18)15-24-29-23(13-21-5-7-32-8-6-27-25(32)14-21)16-26(30-24)33-10-9-31(4)20(3)17-33/h5-8,11-12,14,16,20H,9-10,13,15,17H2,1-4H3/t20-/m0/s1. The summed E-state index contributed by atoms with van der Waals surface area (Å²) in [6.45, 7) is 9.39. The number of piperazine rings is 1. The molecule has 0 aliphatic carbocycles. The number of imidazole rings is 1. The van der Waals surface area contributed by atoms with Gasteiger partial charge in [0.2, 0.25) is 0 Å². The molecular formula is C26H31N7. The van der Waals surface area contributed by atoms with Gasteiger partial charge in [0.05, 0.1) is 12.1 Å². The second-order valence-electron chi connectivity index (χ2n) is 9.27. The number of fused-ring (bicyclic) bond motifs is 1. The molecule has 0 bridgehead atoms. The third-order valence-corrected chi connectivity index (χ3v) is 6.43. The van der Waals surface area contributed by atoms with E-state index in [4.69, 9.17) is 15.0 Å². The van der Waals surface area contributed by atoms with Gasteiger partial charge in [0.25, 0.3) is 0 Å². The van der Waals surface area contributed by atoms with E-state index >= 15 is 0 Å². The summed E-state index contributed by atoms with van der Waals surface area (Å²) in [5, 5.41) is 0. The molecule has 33 heavy (non-hydrogen) atoms. The van der Waals surface area contributed by atoms with Crippen LogP contribution in [0.5, 0.6) is 0 Å². The first-order valence-corrected chi connectivity index (χ1v) is 11.6. The van der Waals surface area contributed by atoms with Gasteiger partial charge in [-0.1, -0.05) is 0 Å². The summed E-state index contributed by atoms with van der Waals surface area (Å²) >= 11 is 0. The van der Waals surface area contributed by atoms with Crippen molar-refractivity contribution in [3.8, 4) is 0 Å². The van der Waals surface area contributed by atoms with E-state index in [1.165, 1.54) is 11.1 Å². The number of hydrogen-bond donors (Lipinski definition) is 0. The van der Waals surface area contributed by atoms with Crippen LogP contribution in [0.1, 0.15) is 41.0 Å². The van der Waals surface area contributed by atoms with Crippen molar-refractivity contribution in [3.05, 3.63) is 83.0 Å². The molecule has 1 aliphatic rings. The largest absolute Gasteiger partial charge is 0.354 e. The first-order chi connectivity index (χ1) is 15.9. The first kappa shape index (κ1) is 21.5. The number of pyridine rings is 2. The lowest BCUT2D eigenvalue weighted by molar-refractivity contribution is 0.233. The Kier molecular flexibility index (Phi) is 5.81. The van der Waals surface area contributed by atoms with Crippen LogP contribution in [0.15, 0.2) is 48.9 Å². The highest BCUT2D eigenvalue weighted by atomic mass is 15.3. The van der Waals surface area contributed by atoms with E-state index in [-0.39, 0.29) is 0 Å². The van der Waals surface area contributed by atoms with Gasteiger partial charge in [0.1, 0.15) is 17.3 Å². The maximum Gasteiger partial charge on any atom is 0.136 e. The van der Waals surface area contributed by atoms with Crippen molar-refractivity contribution in [2.24, 2.45) is 0 Å². The summed E-state index contributed by atoms with van der Waals surface area (Å²) in [6, 6.07) is 11.2. The molecule has 170 valence electrons. The van der Waals surface area contributed by atoms with Gasteiger partial charge in [-0.2, -0.15) is 0 Å². The van der Waals surface area contributed by atoms with Gasteiger partial charge in [0, 0.05) is 68.1 Å². The molecule has 4 aromatic rings. The number of aromatic nitrogens is 5. The average Bonchev–Trinajstić information content (AvgIpc) is 3.23. The fourth-order valence-corrected chi connectivity index (χ4v) is 4.57. The Morgan fingerprint density at radius 2 is 1.79 bits per heavy atom. The van der Waals surface area contributed by atoms with Crippen LogP contribution in [0.2, 0.25) is 0 Å². The zero-order valence-electron chi connectivity index (χ0n) is 19.9. The Labute approximate surface area is 195 Å². The van der Waals surface area contributed by atoms with Crippen LogP contribution in [0, 0.1) is 13.8 Å². The maximum absolute atomic E-state index is 4.99. The van der Waals surface area contributed by atoms with Crippen LogP contribution in [0.25, 0.3) is 5.65 Å². The summed E-state index contributed by atoms with van der Waals surface area (Å²) in [5.41, 5.74) is 6.44. The summed E-state index contributed by atoms with van der Waals surface area (Å²) in [7, 11) is 2.19. The second kappa shape index (κ2) is 8.90. The van der Waals surface area contributed by atoms with Crippen molar-refractivity contribution >= 4 is 11.5 Å². The van der Waals surface area contributed by atoms with Crippen molar-refractivity contribution < 1.29 is 0 Å². The summed E-state index contributed by atoms with van der Waals surface area (Å²) in [5.74, 6) is 1.84. The lowest BCUT2D eigenvalue weighted by Gasteiger charge is -2.38. The molecule has 0 amide bonds. The quantitative estimate of drug-likeness (QED) is 0.473. The number of hydrogen-bond acceptors (Lipinski definition) is 6. The van der Waals surface area contributed by atoms with Gasteiger partial charge < -0.3 is 14.2 Å². The molecule has 5 heterocycles. The van der Waals surface area contributed by atoms with Gasteiger partial charge in [-0.3, -0.25) is 4.98 Å². The van der Waals surface area contributed by atoms with Gasteiger partial charge in [0.15, 0.2) is 0 Å². The minimum atomic E-state index is 0.490. The minimum absolute atomic E-state index is 0.490. The van der Waals surface area contributed by atoms with Crippen molar-refractivity contribution in [1.29, 1.82) is 0 Å². The highest BCUT2D eigenvalue weighted by molar-refractivity contribution is 5.45. The third-order valence-electron chi connectivity index (χ3n) is 6.43. The zero-order valence-corrected chi connectivity index (χ0v) is 19.9. The van der Waals surface area contributed by atoms with Crippen molar-refractivity contribution in [2.75, 3.05) is 31.6 Å². The van der Waals surface area contributed by atoms with E-state index in [1.54, 1.807) is 0 Å². The molecule has 7 heteroatoms. The van der Waals surface area contributed by atoms with E-state index in [0.29, 0.717) is 12.5 Å². The molecule has 1 fully saturated rings. The van der Waals surface area contributed by atoms with Gasteiger partial charge in [-0.05, 0) is 63.2 Å². The lowest BCUT2D eigenvalue weighted by atomic mass is 10.1. The first-order valence-electron chi connectivity index (χ1n) is 11.6. The Morgan fingerprint density at radius 3 is 2.61 bits per heavy atom. The zero-order chi connectivity index (χ0) is 22.9. The molecule has 1 saturated heterocycles. The maximum atomic E-state index is 4.99. The van der Waals surface area contributed by atoms with E-state index in [9.17, 15) is 0 Å². The fraction of sp³-hybridized carbons (Fsp3) is 0.385. The Hall–Kier alpha value is -3.32. The van der Waals surface area contributed by atoms with E-state index in [2.05, 4.69) is 72.2 Å². The van der Waals surface area contributed by atoms with Crippen LogP contribution in [-0.4, -0.2) is 62.0 Å². The number of nitrogens with zero attached hydrogens (tertiary/aromatic N) is 7. The van der Waals surface area contributed by atoms with E-state index in [1.807, 2.05) is 23.7 Å². The predicted molar refractivity (Wildman–Crippen MR) is 131 cm³/mol. The molecule has 1 atom stereocenters. The molecule has 0 aromatic carbocycles. The lowest BCUT2D eigenvalue weighted by Crippen LogP contribution is -2.50. The number of likely N-dealkylation sites (N-methyl/N-ethyl adjacent to an activating group) is 1. The Morgan fingerprint density at radius 1 is 0.939 bits per heavy atom. The van der Waals surface area contributed by atoms with Crippen LogP contribution in [0.4, 0.5) is 5.82 Å². The molecule has 1 aliphatic heterocycles. The Balaban J connectivity index is 1.48. The van der Waals surface area contributed by atoms with Crippen molar-refractivity contribution in [2.45, 2.75) is 39.7 Å². The molecule has 0 unspecified atom stereocenters. The van der Waals surface area contributed by atoms with E-state index in [0.717, 1.165) is 60.4 Å². The number of aryl methyl sites for hydroxylation is 2. The monoisotopic (exact) mass is 441 g/mol. The molecule has 7 nitrogen and oxygen atoms in total. The predicted octanol–water partition coefficient (Wildman–Crippen LogP) is 3.46. The van der Waals surface area contributed by atoms with Crippen LogP contribution >= 0.6 is 0 Å². The molecule has 0 radical (unpaired) electrons. The average molecular weight is 442 g/mol. The van der Waals surface area contributed by atoms with Gasteiger partial charge in [-0.15, -0.1) is 0 Å². The van der Waals surface area contributed by atoms with Crippen LogP contribution in [0.3, 0.4) is 0 Å². The highest BCUT2D eigenvalue weighted by Crippen LogP contribution is 2.21. The molecule has 4 aromatic heterocycles. The van der Waals surface area contributed by atoms with E-state index < -0.39 is 0 Å². The minimum Gasteiger partial charge on any atom is -0.354 e. The number of anilines is 1. The van der Waals surface area contributed by atoms with Gasteiger partial charge >= 0.3 is 0 Å². The molecule has 5 rings (SSSR count). The van der Waals surface area contributed by atoms with Crippen molar-refractivity contribution in [1.82, 2.24) is 29.2 Å². The highest BCUT2D eigenvalue weighted by Gasteiger charge is 2.22. The summed E-state index contributed by atoms with van der Waals surface area (Å²) < 4.78 is 2.03. The van der Waals surface area contributed by atoms with Gasteiger partial charge in [-0.25, -0.2) is 15.0 Å². The van der Waals surface area contributed by atoms with Crippen LogP contribution in [-0.2, 0) is 12.8 Å². The topological polar surface area (TPSA) is 62.5 Å². The second-order valence-corrected chi connectivity index (χ2v) is 9.27. The summed E-state index contributed by atoms with van der Waals surface area (Å²) in [4.78, 5) is 23.9. The summed E-state index contributed by atoms with van der Waals surface area (Å²) in [6.07, 6.45) is 7.22. The Bertz CT molecular complexity index is 1260. The molecular weight excluding hydrogens is 410 g/mol. The fourth-order valence-electron chi connectivity index (χ4n) is 4.57. The normalized spacial score (nSPS) is 17.1.